The molecule has 0 aromatic rings. The van der Waals surface area contributed by atoms with E-state index >= 15 is 0 Å². The molecule has 0 spiro atoms. The normalized spacial score (nSPS) is 39.8. The first-order valence-electron chi connectivity index (χ1n) is 12.5. The molecule has 31 heavy (non-hydrogen) atoms. The summed E-state index contributed by atoms with van der Waals surface area (Å²) >= 11 is 0. The van der Waals surface area contributed by atoms with E-state index in [0.29, 0.717) is 36.0 Å². The van der Waals surface area contributed by atoms with Crippen LogP contribution in [0.3, 0.4) is 0 Å². The largest absolute Gasteiger partial charge is 0.392 e. The Bertz CT molecular complexity index is 732. The minimum Gasteiger partial charge on any atom is -0.392 e. The Morgan fingerprint density at radius 1 is 1.16 bits per heavy atom. The van der Waals surface area contributed by atoms with Crippen LogP contribution >= 0.6 is 0 Å². The van der Waals surface area contributed by atoms with Crippen LogP contribution in [0.4, 0.5) is 0 Å². The molecule has 0 aromatic carbocycles. The molecule has 0 saturated heterocycles. The molecule has 0 radical (unpaired) electrons. The van der Waals surface area contributed by atoms with E-state index < -0.39 is 17.8 Å². The molecule has 0 aliphatic heterocycles. The van der Waals surface area contributed by atoms with E-state index in [-0.39, 0.29) is 5.92 Å². The summed E-state index contributed by atoms with van der Waals surface area (Å²) in [6.07, 6.45) is 13.0. The van der Waals surface area contributed by atoms with E-state index in [1.165, 1.54) is 37.7 Å². The predicted octanol–water partition coefficient (Wildman–Crippen LogP) is 5.40. The van der Waals surface area contributed by atoms with Gasteiger partial charge in [-0.05, 0) is 88.4 Å². The second kappa shape index (κ2) is 9.82. The average molecular weight is 429 g/mol. The molecule has 3 nitrogen and oxygen atoms in total. The Kier molecular flexibility index (Phi) is 7.78. The number of hydrogen-bond donors (Lipinski definition) is 3. The fourth-order valence-electron chi connectivity index (χ4n) is 6.87. The van der Waals surface area contributed by atoms with Crippen LogP contribution in [0.1, 0.15) is 92.4 Å². The van der Waals surface area contributed by atoms with Crippen molar-refractivity contribution in [1.29, 1.82) is 0 Å². The molecule has 1 unspecified atom stereocenters. The van der Waals surface area contributed by atoms with Gasteiger partial charge in [0.15, 0.2) is 0 Å². The number of allylic oxidation sites excluding steroid dienone is 3. The summed E-state index contributed by atoms with van der Waals surface area (Å²) in [5.41, 5.74) is 2.18. The van der Waals surface area contributed by atoms with E-state index in [4.69, 9.17) is 0 Å². The molecule has 7 atom stereocenters. The molecule has 0 amide bonds. The summed E-state index contributed by atoms with van der Waals surface area (Å²) < 4.78 is 0. The fraction of sp³-hybridized carbons (Fsp3) is 0.786. The van der Waals surface area contributed by atoms with Crippen molar-refractivity contribution in [2.75, 3.05) is 0 Å². The Morgan fingerprint density at radius 3 is 2.45 bits per heavy atom. The van der Waals surface area contributed by atoms with Crippen LogP contribution in [-0.4, -0.2) is 33.1 Å². The maximum absolute atomic E-state index is 10.4. The molecule has 174 valence electrons. The molecular weight excluding hydrogens is 384 g/mol. The number of aliphatic hydroxyl groups is 3. The third-order valence-electron chi connectivity index (χ3n) is 8.48. The van der Waals surface area contributed by atoms with Crippen LogP contribution in [0.5, 0.6) is 0 Å². The minimum atomic E-state index is -0.909. The molecule has 0 aromatic heterocycles. The zero-order valence-electron chi connectivity index (χ0n) is 20.3. The van der Waals surface area contributed by atoms with Crippen molar-refractivity contribution in [3.8, 4) is 11.8 Å². The Morgan fingerprint density at radius 2 is 1.84 bits per heavy atom. The third-order valence-corrected chi connectivity index (χ3v) is 8.48. The fourth-order valence-corrected chi connectivity index (χ4v) is 6.87. The van der Waals surface area contributed by atoms with Crippen LogP contribution in [0.2, 0.25) is 0 Å². The van der Waals surface area contributed by atoms with Gasteiger partial charge in [-0.3, -0.25) is 0 Å². The summed E-state index contributed by atoms with van der Waals surface area (Å²) in [6.45, 7) is 10.4. The highest BCUT2D eigenvalue weighted by Crippen LogP contribution is 2.59. The third kappa shape index (κ3) is 5.65. The van der Waals surface area contributed by atoms with Gasteiger partial charge in [-0.15, -0.1) is 5.92 Å². The second-order valence-corrected chi connectivity index (χ2v) is 11.3. The van der Waals surface area contributed by atoms with Gasteiger partial charge in [-0.2, -0.15) is 0 Å². The number of fused-ring (bicyclic) bond motifs is 1. The SMILES string of the molecule is CCC1[C@H](O)CC(=C/C=C2\CCC[C@@]3(C)[C@@H]2CC[C@@H]3[C@H](C)CC#CC(C)(C)O)C[C@@H]1O. The van der Waals surface area contributed by atoms with Gasteiger partial charge in [0.05, 0.1) is 12.2 Å². The lowest BCUT2D eigenvalue weighted by atomic mass is 9.61. The van der Waals surface area contributed by atoms with E-state index in [0.717, 1.165) is 12.8 Å². The molecule has 3 N–H and O–H groups in total. The average Bonchev–Trinajstić information content (AvgIpc) is 3.02. The molecule has 3 saturated carbocycles. The van der Waals surface area contributed by atoms with Gasteiger partial charge < -0.3 is 15.3 Å². The molecule has 3 heteroatoms. The first kappa shape index (κ1) is 24.6. The van der Waals surface area contributed by atoms with E-state index in [9.17, 15) is 15.3 Å². The van der Waals surface area contributed by atoms with Gasteiger partial charge in [0.2, 0.25) is 0 Å². The minimum absolute atomic E-state index is 0.0133. The molecule has 3 rings (SSSR count). The van der Waals surface area contributed by atoms with Crippen molar-refractivity contribution in [1.82, 2.24) is 0 Å². The summed E-state index contributed by atoms with van der Waals surface area (Å²) in [5, 5.41) is 30.7. The van der Waals surface area contributed by atoms with E-state index in [1.807, 2.05) is 6.92 Å². The first-order chi connectivity index (χ1) is 14.5. The lowest BCUT2D eigenvalue weighted by Gasteiger charge is -2.44. The Labute approximate surface area is 190 Å². The van der Waals surface area contributed by atoms with Crippen molar-refractivity contribution in [3.05, 3.63) is 23.3 Å². The van der Waals surface area contributed by atoms with Gasteiger partial charge >= 0.3 is 0 Å². The monoisotopic (exact) mass is 428 g/mol. The van der Waals surface area contributed by atoms with Crippen molar-refractivity contribution >= 4 is 0 Å². The number of aliphatic hydroxyl groups excluding tert-OH is 2. The van der Waals surface area contributed by atoms with Gasteiger partial charge in [0.25, 0.3) is 0 Å². The first-order valence-corrected chi connectivity index (χ1v) is 12.5. The molecule has 0 bridgehead atoms. The Balaban J connectivity index is 1.71. The highest BCUT2D eigenvalue weighted by atomic mass is 16.3. The second-order valence-electron chi connectivity index (χ2n) is 11.3. The number of rotatable bonds is 4. The predicted molar refractivity (Wildman–Crippen MR) is 127 cm³/mol. The summed E-state index contributed by atoms with van der Waals surface area (Å²) in [4.78, 5) is 0. The van der Waals surface area contributed by atoms with Crippen LogP contribution in [0.15, 0.2) is 23.3 Å². The van der Waals surface area contributed by atoms with Crippen LogP contribution in [-0.2, 0) is 0 Å². The summed E-state index contributed by atoms with van der Waals surface area (Å²) in [5.74, 6) is 8.09. The molecule has 3 fully saturated rings. The highest BCUT2D eigenvalue weighted by molar-refractivity contribution is 5.26. The van der Waals surface area contributed by atoms with Crippen LogP contribution in [0, 0.1) is 40.9 Å². The lowest BCUT2D eigenvalue weighted by molar-refractivity contribution is -0.00700. The van der Waals surface area contributed by atoms with Gasteiger partial charge in [0, 0.05) is 12.3 Å². The number of hydrogen-bond acceptors (Lipinski definition) is 3. The van der Waals surface area contributed by atoms with Gasteiger partial charge in [-0.25, -0.2) is 0 Å². The van der Waals surface area contributed by atoms with Gasteiger partial charge in [-0.1, -0.05) is 50.0 Å². The zero-order valence-corrected chi connectivity index (χ0v) is 20.3. The molecule has 3 aliphatic rings. The molecule has 0 heterocycles. The van der Waals surface area contributed by atoms with E-state index in [2.05, 4.69) is 37.8 Å². The van der Waals surface area contributed by atoms with Crippen molar-refractivity contribution in [3.63, 3.8) is 0 Å². The maximum atomic E-state index is 10.4. The molecule has 3 aliphatic carbocycles. The van der Waals surface area contributed by atoms with E-state index in [1.54, 1.807) is 19.4 Å². The topological polar surface area (TPSA) is 60.7 Å². The summed E-state index contributed by atoms with van der Waals surface area (Å²) in [7, 11) is 0. The highest BCUT2D eigenvalue weighted by Gasteiger charge is 2.50. The molecular formula is C28H44O3. The van der Waals surface area contributed by atoms with Crippen LogP contribution < -0.4 is 0 Å². The Hall–Kier alpha value is -1.08. The van der Waals surface area contributed by atoms with Gasteiger partial charge in [0.1, 0.15) is 5.60 Å². The maximum Gasteiger partial charge on any atom is 0.119 e. The van der Waals surface area contributed by atoms with Crippen molar-refractivity contribution < 1.29 is 15.3 Å². The standard InChI is InChI=1S/C28H44O3/c1-6-22-25(29)17-20(18-26(22)30)11-12-21-10-8-16-28(5)23(13-14-24(21)28)19(2)9-7-15-27(3,4)31/h11-12,19,22-26,29-31H,6,8-10,13-14,16-18H2,1-5H3/b20-11?,21-12+/t19-,22?,23-,24-,25-,26+,28-/m1/s1. The summed E-state index contributed by atoms with van der Waals surface area (Å²) in [6, 6.07) is 0. The quantitative estimate of drug-likeness (QED) is 0.526. The van der Waals surface area contributed by atoms with Crippen LogP contribution in [0.25, 0.3) is 0 Å². The zero-order chi connectivity index (χ0) is 22.8. The smallest absolute Gasteiger partial charge is 0.119 e. The lowest BCUT2D eigenvalue weighted by Crippen LogP contribution is -2.36. The van der Waals surface area contributed by atoms with Crippen molar-refractivity contribution in [2.24, 2.45) is 29.1 Å². The van der Waals surface area contributed by atoms with Crippen molar-refractivity contribution in [2.45, 2.75) is 110 Å².